The molecule has 1 aromatic rings. The predicted molar refractivity (Wildman–Crippen MR) is 61.7 cm³/mol. The maximum absolute atomic E-state index is 11.8. The molecule has 0 bridgehead atoms. The van der Waals surface area contributed by atoms with E-state index in [0.29, 0.717) is 5.69 Å². The molecule has 3 nitrogen and oxygen atoms in total. The standard InChI is InChI=1S/C11H13BrN2O/c1-11(5-2-6-11)14-10(15)9-4-3-8(12)7-13-9/h3-4,7H,2,5-6H2,1H3,(H,14,15). The van der Waals surface area contributed by atoms with Crippen LogP contribution >= 0.6 is 15.9 Å². The van der Waals surface area contributed by atoms with Crippen molar-refractivity contribution < 1.29 is 4.79 Å². The summed E-state index contributed by atoms with van der Waals surface area (Å²) in [7, 11) is 0. The van der Waals surface area contributed by atoms with Crippen molar-refractivity contribution in [3.8, 4) is 0 Å². The van der Waals surface area contributed by atoms with Crippen molar-refractivity contribution in [3.05, 3.63) is 28.5 Å². The van der Waals surface area contributed by atoms with E-state index in [0.717, 1.165) is 17.3 Å². The van der Waals surface area contributed by atoms with Crippen molar-refractivity contribution >= 4 is 21.8 Å². The van der Waals surface area contributed by atoms with Gasteiger partial charge in [-0.1, -0.05) is 0 Å². The Hall–Kier alpha value is -0.900. The number of rotatable bonds is 2. The molecule has 0 spiro atoms. The Morgan fingerprint density at radius 2 is 2.27 bits per heavy atom. The van der Waals surface area contributed by atoms with Crippen molar-refractivity contribution in [1.29, 1.82) is 0 Å². The first-order valence-electron chi connectivity index (χ1n) is 5.03. The van der Waals surface area contributed by atoms with E-state index < -0.39 is 0 Å². The molecule has 1 heterocycles. The topological polar surface area (TPSA) is 42.0 Å². The number of amides is 1. The number of nitrogens with zero attached hydrogens (tertiary/aromatic N) is 1. The molecule has 0 atom stereocenters. The molecule has 1 saturated carbocycles. The fraction of sp³-hybridized carbons (Fsp3) is 0.455. The van der Waals surface area contributed by atoms with Crippen LogP contribution in [0.5, 0.6) is 0 Å². The largest absolute Gasteiger partial charge is 0.346 e. The lowest BCUT2D eigenvalue weighted by Crippen LogP contribution is -2.51. The molecule has 0 radical (unpaired) electrons. The highest BCUT2D eigenvalue weighted by Gasteiger charge is 2.33. The minimum atomic E-state index is -0.0790. The van der Waals surface area contributed by atoms with Crippen molar-refractivity contribution in [2.45, 2.75) is 31.7 Å². The zero-order valence-corrected chi connectivity index (χ0v) is 10.2. The first-order valence-corrected chi connectivity index (χ1v) is 5.82. The summed E-state index contributed by atoms with van der Waals surface area (Å²) in [6.07, 6.45) is 4.97. The maximum Gasteiger partial charge on any atom is 0.270 e. The Kier molecular flexibility index (Phi) is 2.78. The lowest BCUT2D eigenvalue weighted by molar-refractivity contribution is 0.0845. The van der Waals surface area contributed by atoms with E-state index in [4.69, 9.17) is 0 Å². The van der Waals surface area contributed by atoms with Crippen molar-refractivity contribution in [2.75, 3.05) is 0 Å². The Bertz CT molecular complexity index is 371. The molecule has 0 unspecified atom stereocenters. The summed E-state index contributed by atoms with van der Waals surface area (Å²) in [6.45, 7) is 2.08. The maximum atomic E-state index is 11.8. The molecule has 0 aromatic carbocycles. The van der Waals surface area contributed by atoms with Crippen molar-refractivity contribution in [2.24, 2.45) is 0 Å². The van der Waals surface area contributed by atoms with Gasteiger partial charge in [0.05, 0.1) is 0 Å². The molecule has 1 aliphatic rings. The number of carbonyl (C=O) groups is 1. The van der Waals surface area contributed by atoms with E-state index in [-0.39, 0.29) is 11.4 Å². The Morgan fingerprint density at radius 3 is 2.73 bits per heavy atom. The highest BCUT2D eigenvalue weighted by molar-refractivity contribution is 9.10. The van der Waals surface area contributed by atoms with Gasteiger partial charge in [0.15, 0.2) is 0 Å². The molecule has 2 rings (SSSR count). The van der Waals surface area contributed by atoms with Crippen LogP contribution in [0.2, 0.25) is 0 Å². The summed E-state index contributed by atoms with van der Waals surface area (Å²) in [5, 5.41) is 3.01. The van der Waals surface area contributed by atoms with Crippen LogP contribution in [0.25, 0.3) is 0 Å². The fourth-order valence-corrected chi connectivity index (χ4v) is 1.91. The average Bonchev–Trinajstić information content (AvgIpc) is 2.16. The van der Waals surface area contributed by atoms with Crippen LogP contribution in [0.3, 0.4) is 0 Å². The van der Waals surface area contributed by atoms with Gasteiger partial charge >= 0.3 is 0 Å². The molecule has 0 saturated heterocycles. The SMILES string of the molecule is CC1(NC(=O)c2ccc(Br)cn2)CCC1. The smallest absolute Gasteiger partial charge is 0.270 e. The van der Waals surface area contributed by atoms with Gasteiger partial charge < -0.3 is 5.32 Å². The second kappa shape index (κ2) is 3.93. The quantitative estimate of drug-likeness (QED) is 0.896. The number of hydrogen-bond donors (Lipinski definition) is 1. The van der Waals surface area contributed by atoms with E-state index in [9.17, 15) is 4.79 Å². The third kappa shape index (κ3) is 2.37. The number of hydrogen-bond acceptors (Lipinski definition) is 2. The number of pyridine rings is 1. The van der Waals surface area contributed by atoms with E-state index in [1.807, 2.05) is 6.07 Å². The molecular weight excluding hydrogens is 256 g/mol. The van der Waals surface area contributed by atoms with Gasteiger partial charge in [0.25, 0.3) is 5.91 Å². The molecule has 15 heavy (non-hydrogen) atoms. The normalized spacial score (nSPS) is 18.0. The van der Waals surface area contributed by atoms with Crippen LogP contribution in [0.1, 0.15) is 36.7 Å². The predicted octanol–water partition coefficient (Wildman–Crippen LogP) is 2.52. The van der Waals surface area contributed by atoms with E-state index in [1.54, 1.807) is 12.3 Å². The summed E-state index contributed by atoms with van der Waals surface area (Å²) in [4.78, 5) is 15.8. The zero-order chi connectivity index (χ0) is 10.9. The molecule has 1 aliphatic carbocycles. The molecule has 1 N–H and O–H groups in total. The lowest BCUT2D eigenvalue weighted by Gasteiger charge is -2.38. The highest BCUT2D eigenvalue weighted by Crippen LogP contribution is 2.31. The van der Waals surface area contributed by atoms with Crippen LogP contribution in [-0.4, -0.2) is 16.4 Å². The first kappa shape index (κ1) is 10.6. The van der Waals surface area contributed by atoms with Gasteiger partial charge in [-0.25, -0.2) is 4.98 Å². The van der Waals surface area contributed by atoms with Crippen molar-refractivity contribution in [3.63, 3.8) is 0 Å². The van der Waals surface area contributed by atoms with Gasteiger partial charge in [-0.15, -0.1) is 0 Å². The van der Waals surface area contributed by atoms with Crippen molar-refractivity contribution in [1.82, 2.24) is 10.3 Å². The van der Waals surface area contributed by atoms with Gasteiger partial charge in [0, 0.05) is 16.2 Å². The molecule has 1 fully saturated rings. The van der Waals surface area contributed by atoms with E-state index in [1.165, 1.54) is 6.42 Å². The second-order valence-electron chi connectivity index (χ2n) is 4.23. The van der Waals surface area contributed by atoms with E-state index >= 15 is 0 Å². The molecular formula is C11H13BrN2O. The Morgan fingerprint density at radius 1 is 1.53 bits per heavy atom. The van der Waals surface area contributed by atoms with Gasteiger partial charge in [-0.2, -0.15) is 0 Å². The lowest BCUT2D eigenvalue weighted by atomic mass is 9.78. The highest BCUT2D eigenvalue weighted by atomic mass is 79.9. The third-order valence-electron chi connectivity index (χ3n) is 2.83. The van der Waals surface area contributed by atoms with Crippen LogP contribution in [0.15, 0.2) is 22.8 Å². The molecule has 1 aromatic heterocycles. The summed E-state index contributed by atoms with van der Waals surface area (Å²) < 4.78 is 0.883. The number of aromatic nitrogens is 1. The third-order valence-corrected chi connectivity index (χ3v) is 3.30. The van der Waals surface area contributed by atoms with E-state index in [2.05, 4.69) is 33.2 Å². The minimum Gasteiger partial charge on any atom is -0.346 e. The summed E-state index contributed by atoms with van der Waals surface area (Å²) in [5.41, 5.74) is 0.470. The van der Waals surface area contributed by atoms with Gasteiger partial charge in [-0.3, -0.25) is 4.79 Å². The molecule has 0 aliphatic heterocycles. The van der Waals surface area contributed by atoms with Crippen LogP contribution in [0.4, 0.5) is 0 Å². The van der Waals surface area contributed by atoms with Gasteiger partial charge in [-0.05, 0) is 54.2 Å². The molecule has 4 heteroatoms. The monoisotopic (exact) mass is 268 g/mol. The summed E-state index contributed by atoms with van der Waals surface area (Å²) >= 11 is 3.29. The van der Waals surface area contributed by atoms with Gasteiger partial charge in [0.2, 0.25) is 0 Å². The first-order chi connectivity index (χ1) is 7.09. The van der Waals surface area contributed by atoms with Crippen LogP contribution in [0, 0.1) is 0 Å². The average molecular weight is 269 g/mol. The van der Waals surface area contributed by atoms with Crippen LogP contribution in [-0.2, 0) is 0 Å². The van der Waals surface area contributed by atoms with Crippen LogP contribution < -0.4 is 5.32 Å². The summed E-state index contributed by atoms with van der Waals surface area (Å²) in [5.74, 6) is -0.0790. The Balaban J connectivity index is 2.04. The van der Waals surface area contributed by atoms with Gasteiger partial charge in [0.1, 0.15) is 5.69 Å². The molecule has 80 valence electrons. The second-order valence-corrected chi connectivity index (χ2v) is 5.15. The number of carbonyl (C=O) groups excluding carboxylic acids is 1. The minimum absolute atomic E-state index is 0.00810. The fourth-order valence-electron chi connectivity index (χ4n) is 1.68. The Labute approximate surface area is 97.4 Å². The zero-order valence-electron chi connectivity index (χ0n) is 8.59. The number of nitrogens with one attached hydrogen (secondary N) is 1. The molecule has 1 amide bonds. The summed E-state index contributed by atoms with van der Waals surface area (Å²) in [6, 6.07) is 3.55. The number of halogens is 1.